The van der Waals surface area contributed by atoms with Crippen LogP contribution in [0.1, 0.15) is 21.6 Å². The van der Waals surface area contributed by atoms with Gasteiger partial charge < -0.3 is 5.32 Å². The lowest BCUT2D eigenvalue weighted by atomic mass is 10.1. The van der Waals surface area contributed by atoms with Gasteiger partial charge in [-0.05, 0) is 46.1 Å². The molecule has 5 nitrogen and oxygen atoms in total. The lowest BCUT2D eigenvalue weighted by Crippen LogP contribution is -2.24. The lowest BCUT2D eigenvalue weighted by molar-refractivity contribution is 0.0946. The summed E-state index contributed by atoms with van der Waals surface area (Å²) < 4.78 is 15.5. The number of hydrogen-bond donors (Lipinski definition) is 1. The Hall–Kier alpha value is -2.28. The fourth-order valence-electron chi connectivity index (χ4n) is 2.06. The van der Waals surface area contributed by atoms with Crippen LogP contribution in [-0.4, -0.2) is 20.5 Å². The summed E-state index contributed by atoms with van der Waals surface area (Å²) in [6, 6.07) is 6.34. The highest BCUT2D eigenvalue weighted by Crippen LogP contribution is 2.15. The Bertz CT molecular complexity index is 862. The number of halogens is 2. The van der Waals surface area contributed by atoms with Crippen molar-refractivity contribution in [3.8, 4) is 0 Å². The first-order valence-electron chi connectivity index (χ1n) is 6.58. The SMILES string of the molecule is Cc1cc(CNC(=O)c2ccn3ncc(Br)c3n2)ccc1F. The maximum absolute atomic E-state index is 13.2. The van der Waals surface area contributed by atoms with Crippen LogP contribution in [0.5, 0.6) is 0 Å². The van der Waals surface area contributed by atoms with E-state index in [-0.39, 0.29) is 11.7 Å². The molecule has 0 fully saturated rings. The molecule has 0 atom stereocenters. The minimum absolute atomic E-state index is 0.257. The minimum Gasteiger partial charge on any atom is -0.347 e. The summed E-state index contributed by atoms with van der Waals surface area (Å²) in [5.41, 5.74) is 2.26. The zero-order chi connectivity index (χ0) is 15.7. The van der Waals surface area contributed by atoms with Gasteiger partial charge in [-0.2, -0.15) is 5.10 Å². The molecule has 3 rings (SSSR count). The van der Waals surface area contributed by atoms with Gasteiger partial charge in [0.1, 0.15) is 11.5 Å². The monoisotopic (exact) mass is 362 g/mol. The number of aromatic nitrogens is 3. The third kappa shape index (κ3) is 2.85. The maximum Gasteiger partial charge on any atom is 0.270 e. The van der Waals surface area contributed by atoms with Crippen LogP contribution in [0.2, 0.25) is 0 Å². The van der Waals surface area contributed by atoms with Crippen molar-refractivity contribution in [2.75, 3.05) is 0 Å². The van der Waals surface area contributed by atoms with Gasteiger partial charge in [-0.25, -0.2) is 13.9 Å². The highest BCUT2D eigenvalue weighted by molar-refractivity contribution is 9.10. The van der Waals surface area contributed by atoms with Gasteiger partial charge in [0.05, 0.1) is 10.7 Å². The zero-order valence-electron chi connectivity index (χ0n) is 11.7. The first-order valence-corrected chi connectivity index (χ1v) is 7.37. The van der Waals surface area contributed by atoms with E-state index in [0.717, 1.165) is 10.0 Å². The molecule has 0 radical (unpaired) electrons. The van der Waals surface area contributed by atoms with E-state index in [4.69, 9.17) is 0 Å². The van der Waals surface area contributed by atoms with Crippen molar-refractivity contribution in [2.24, 2.45) is 0 Å². The second kappa shape index (κ2) is 5.84. The number of fused-ring (bicyclic) bond motifs is 1. The highest BCUT2D eigenvalue weighted by atomic mass is 79.9. The van der Waals surface area contributed by atoms with Crippen molar-refractivity contribution in [1.82, 2.24) is 19.9 Å². The van der Waals surface area contributed by atoms with Gasteiger partial charge in [0.2, 0.25) is 0 Å². The molecule has 0 unspecified atom stereocenters. The molecular weight excluding hydrogens is 351 g/mol. The molecule has 22 heavy (non-hydrogen) atoms. The summed E-state index contributed by atoms with van der Waals surface area (Å²) in [5, 5.41) is 6.84. The van der Waals surface area contributed by atoms with Gasteiger partial charge in [0, 0.05) is 12.7 Å². The fourth-order valence-corrected chi connectivity index (χ4v) is 2.42. The van der Waals surface area contributed by atoms with Crippen molar-refractivity contribution in [2.45, 2.75) is 13.5 Å². The summed E-state index contributed by atoms with van der Waals surface area (Å²) in [6.45, 7) is 2.00. The number of nitrogens with one attached hydrogen (secondary N) is 1. The topological polar surface area (TPSA) is 59.3 Å². The molecule has 2 aromatic heterocycles. The zero-order valence-corrected chi connectivity index (χ0v) is 13.3. The minimum atomic E-state index is -0.294. The molecule has 0 aliphatic rings. The molecule has 7 heteroatoms. The third-order valence-corrected chi connectivity index (χ3v) is 3.79. The van der Waals surface area contributed by atoms with Gasteiger partial charge in [0.15, 0.2) is 5.65 Å². The second-order valence-electron chi connectivity index (χ2n) is 4.84. The van der Waals surface area contributed by atoms with Crippen LogP contribution >= 0.6 is 15.9 Å². The number of nitrogens with zero attached hydrogens (tertiary/aromatic N) is 3. The van der Waals surface area contributed by atoms with Gasteiger partial charge in [-0.3, -0.25) is 4.79 Å². The summed E-state index contributed by atoms with van der Waals surface area (Å²) in [4.78, 5) is 16.4. The number of benzene rings is 1. The van der Waals surface area contributed by atoms with E-state index in [0.29, 0.717) is 23.4 Å². The van der Waals surface area contributed by atoms with E-state index >= 15 is 0 Å². The molecule has 0 saturated carbocycles. The molecule has 0 bridgehead atoms. The van der Waals surface area contributed by atoms with Gasteiger partial charge >= 0.3 is 0 Å². The normalized spacial score (nSPS) is 10.9. The maximum atomic E-state index is 13.2. The standard InChI is InChI=1S/C15H12BrFN4O/c1-9-6-10(2-3-12(9)17)7-18-15(22)13-4-5-21-14(20-13)11(16)8-19-21/h2-6,8H,7H2,1H3,(H,18,22). The number of aryl methyl sites for hydroxylation is 1. The summed E-state index contributed by atoms with van der Waals surface area (Å²) >= 11 is 3.33. The second-order valence-corrected chi connectivity index (χ2v) is 5.69. The van der Waals surface area contributed by atoms with Crippen LogP contribution in [-0.2, 0) is 6.54 Å². The van der Waals surface area contributed by atoms with Crippen molar-refractivity contribution < 1.29 is 9.18 Å². The predicted octanol–water partition coefficient (Wildman–Crippen LogP) is 2.87. The molecule has 0 aliphatic heterocycles. The number of carbonyl (C=O) groups excluding carboxylic acids is 1. The lowest BCUT2D eigenvalue weighted by Gasteiger charge is -2.06. The molecule has 112 valence electrons. The van der Waals surface area contributed by atoms with E-state index < -0.39 is 0 Å². The molecule has 1 N–H and O–H groups in total. The Balaban J connectivity index is 1.75. The van der Waals surface area contributed by atoms with Crippen LogP contribution in [0, 0.1) is 12.7 Å². The number of rotatable bonds is 3. The Morgan fingerprint density at radius 2 is 2.23 bits per heavy atom. The van der Waals surface area contributed by atoms with Crippen LogP contribution in [0.3, 0.4) is 0 Å². The molecule has 1 amide bonds. The molecule has 0 spiro atoms. The largest absolute Gasteiger partial charge is 0.347 e. The van der Waals surface area contributed by atoms with Gasteiger partial charge in [-0.15, -0.1) is 0 Å². The first kappa shape index (κ1) is 14.6. The highest BCUT2D eigenvalue weighted by Gasteiger charge is 2.10. The number of amides is 1. The van der Waals surface area contributed by atoms with Gasteiger partial charge in [0.25, 0.3) is 5.91 Å². The Morgan fingerprint density at radius 1 is 1.41 bits per heavy atom. The smallest absolute Gasteiger partial charge is 0.270 e. The van der Waals surface area contributed by atoms with Crippen molar-refractivity contribution >= 4 is 27.5 Å². The molecular formula is C15H12BrFN4O. The number of carbonyl (C=O) groups is 1. The third-order valence-electron chi connectivity index (χ3n) is 3.23. The van der Waals surface area contributed by atoms with Crippen molar-refractivity contribution in [3.63, 3.8) is 0 Å². The predicted molar refractivity (Wildman–Crippen MR) is 83.0 cm³/mol. The Labute approximate surface area is 134 Å². The molecule has 0 aliphatic carbocycles. The fraction of sp³-hybridized carbons (Fsp3) is 0.133. The number of hydrogen-bond acceptors (Lipinski definition) is 3. The summed E-state index contributed by atoms with van der Waals surface area (Å²) in [5.74, 6) is -0.551. The molecule has 0 saturated heterocycles. The van der Waals surface area contributed by atoms with E-state index in [1.54, 1.807) is 42.0 Å². The van der Waals surface area contributed by atoms with Crippen molar-refractivity contribution in [1.29, 1.82) is 0 Å². The molecule has 1 aromatic carbocycles. The van der Waals surface area contributed by atoms with E-state index in [2.05, 4.69) is 31.3 Å². The summed E-state index contributed by atoms with van der Waals surface area (Å²) in [6.07, 6.45) is 3.29. The van der Waals surface area contributed by atoms with Crippen molar-refractivity contribution in [3.05, 3.63) is 63.8 Å². The van der Waals surface area contributed by atoms with Gasteiger partial charge in [-0.1, -0.05) is 12.1 Å². The average molecular weight is 363 g/mol. The quantitative estimate of drug-likeness (QED) is 0.779. The molecule has 2 heterocycles. The van der Waals surface area contributed by atoms with E-state index in [1.165, 1.54) is 6.07 Å². The Morgan fingerprint density at radius 3 is 3.00 bits per heavy atom. The van der Waals surface area contributed by atoms with E-state index in [1.807, 2.05) is 0 Å². The van der Waals surface area contributed by atoms with E-state index in [9.17, 15) is 9.18 Å². The summed E-state index contributed by atoms with van der Waals surface area (Å²) in [7, 11) is 0. The average Bonchev–Trinajstić information content (AvgIpc) is 2.89. The Kier molecular flexibility index (Phi) is 3.89. The molecule has 3 aromatic rings. The van der Waals surface area contributed by atoms with Crippen LogP contribution in [0.4, 0.5) is 4.39 Å². The first-order chi connectivity index (χ1) is 10.5. The van der Waals surface area contributed by atoms with Crippen LogP contribution < -0.4 is 5.32 Å². The van der Waals surface area contributed by atoms with Crippen LogP contribution in [0.15, 0.2) is 41.1 Å². The van der Waals surface area contributed by atoms with Crippen LogP contribution in [0.25, 0.3) is 5.65 Å².